The molecule has 28 heavy (non-hydrogen) atoms. The maximum atomic E-state index is 6.24. The fourth-order valence-electron chi connectivity index (χ4n) is 2.87. The van der Waals surface area contributed by atoms with Crippen molar-refractivity contribution in [1.82, 2.24) is 0 Å². The Labute approximate surface area is 167 Å². The Morgan fingerprint density at radius 1 is 0.536 bits per heavy atom. The molecule has 0 N–H and O–H groups in total. The zero-order valence-electron chi connectivity index (χ0n) is 16.4. The van der Waals surface area contributed by atoms with Crippen LogP contribution < -0.4 is 0 Å². The molecule has 0 bridgehead atoms. The number of benzene rings is 3. The lowest BCUT2D eigenvalue weighted by atomic mass is 10.1. The molecule has 3 heteroatoms. The van der Waals surface area contributed by atoms with Crippen LogP contribution in [0, 0.1) is 0 Å². The lowest BCUT2D eigenvalue weighted by molar-refractivity contribution is -0.137. The molecule has 146 valence electrons. The highest BCUT2D eigenvalue weighted by Gasteiger charge is 2.26. The van der Waals surface area contributed by atoms with E-state index in [1.165, 1.54) is 0 Å². The highest BCUT2D eigenvalue weighted by molar-refractivity contribution is 5.15. The molecule has 3 nitrogen and oxygen atoms in total. The van der Waals surface area contributed by atoms with E-state index in [-0.39, 0.29) is 0 Å². The van der Waals surface area contributed by atoms with Crippen molar-refractivity contribution in [2.75, 3.05) is 13.2 Å². The summed E-state index contributed by atoms with van der Waals surface area (Å²) in [7, 11) is 0. The van der Waals surface area contributed by atoms with Crippen LogP contribution in [0.1, 0.15) is 23.6 Å². The Bertz CT molecular complexity index is 742. The number of rotatable bonds is 11. The van der Waals surface area contributed by atoms with Crippen LogP contribution in [0.3, 0.4) is 0 Å². The maximum absolute atomic E-state index is 6.24. The van der Waals surface area contributed by atoms with E-state index in [1.807, 2.05) is 61.5 Å². The van der Waals surface area contributed by atoms with Crippen LogP contribution in [-0.2, 0) is 34.0 Å². The van der Waals surface area contributed by atoms with Crippen molar-refractivity contribution in [1.29, 1.82) is 0 Å². The summed E-state index contributed by atoms with van der Waals surface area (Å²) in [6.07, 6.45) is 0. The molecule has 0 atom stereocenters. The molecule has 3 aromatic rings. The average molecular weight is 376 g/mol. The van der Waals surface area contributed by atoms with Gasteiger partial charge in [0.25, 0.3) is 0 Å². The van der Waals surface area contributed by atoms with Gasteiger partial charge < -0.3 is 14.2 Å². The summed E-state index contributed by atoms with van der Waals surface area (Å²) in [5, 5.41) is 0. The van der Waals surface area contributed by atoms with Crippen molar-refractivity contribution in [2.24, 2.45) is 0 Å². The summed E-state index contributed by atoms with van der Waals surface area (Å²) in [6.45, 7) is 4.62. The standard InChI is InChI=1S/C25H28O3/c1-25(28-19-24-15-9-4-10-16-24,20-26-17-22-11-5-2-6-12-22)21-27-18-23-13-7-3-8-14-23/h2-16H,17-21H2,1H3. The average Bonchev–Trinajstić information content (AvgIpc) is 2.75. The molecule has 0 aliphatic rings. The summed E-state index contributed by atoms with van der Waals surface area (Å²) >= 11 is 0. The monoisotopic (exact) mass is 376 g/mol. The Morgan fingerprint density at radius 2 is 0.893 bits per heavy atom. The first-order valence-corrected chi connectivity index (χ1v) is 9.65. The largest absolute Gasteiger partial charge is 0.374 e. The third-order valence-electron chi connectivity index (χ3n) is 4.47. The van der Waals surface area contributed by atoms with Crippen LogP contribution in [0.4, 0.5) is 0 Å². The summed E-state index contributed by atoms with van der Waals surface area (Å²) in [4.78, 5) is 0. The maximum Gasteiger partial charge on any atom is 0.112 e. The topological polar surface area (TPSA) is 27.7 Å². The molecule has 0 aliphatic heterocycles. The van der Waals surface area contributed by atoms with E-state index in [4.69, 9.17) is 14.2 Å². The van der Waals surface area contributed by atoms with Crippen LogP contribution >= 0.6 is 0 Å². The molecule has 0 aliphatic carbocycles. The molecule has 0 radical (unpaired) electrons. The second-order valence-corrected chi connectivity index (χ2v) is 7.18. The second kappa shape index (κ2) is 10.8. The van der Waals surface area contributed by atoms with E-state index in [2.05, 4.69) is 36.4 Å². The van der Waals surface area contributed by atoms with Gasteiger partial charge in [0.15, 0.2) is 0 Å². The third kappa shape index (κ3) is 6.93. The van der Waals surface area contributed by atoms with Gasteiger partial charge in [0, 0.05) is 0 Å². The van der Waals surface area contributed by atoms with Gasteiger partial charge in [-0.2, -0.15) is 0 Å². The van der Waals surface area contributed by atoms with Crippen molar-refractivity contribution in [3.63, 3.8) is 0 Å². The van der Waals surface area contributed by atoms with E-state index < -0.39 is 5.60 Å². The Kier molecular flexibility index (Phi) is 7.80. The van der Waals surface area contributed by atoms with Gasteiger partial charge in [0.05, 0.1) is 33.0 Å². The first kappa shape index (κ1) is 20.3. The van der Waals surface area contributed by atoms with Gasteiger partial charge in [-0.1, -0.05) is 91.0 Å². The molecule has 3 rings (SSSR count). The summed E-state index contributed by atoms with van der Waals surface area (Å²) in [5.41, 5.74) is 2.91. The Morgan fingerprint density at radius 3 is 1.29 bits per heavy atom. The second-order valence-electron chi connectivity index (χ2n) is 7.18. The lowest BCUT2D eigenvalue weighted by Crippen LogP contribution is -2.39. The van der Waals surface area contributed by atoms with Crippen molar-refractivity contribution >= 4 is 0 Å². The molecule has 0 saturated heterocycles. The summed E-state index contributed by atoms with van der Waals surface area (Å²) in [6, 6.07) is 30.5. The first-order valence-electron chi connectivity index (χ1n) is 9.65. The Balaban J connectivity index is 1.55. The summed E-state index contributed by atoms with van der Waals surface area (Å²) in [5.74, 6) is 0. The van der Waals surface area contributed by atoms with Gasteiger partial charge in [0.1, 0.15) is 5.60 Å². The van der Waals surface area contributed by atoms with Crippen LogP contribution in [0.5, 0.6) is 0 Å². The minimum Gasteiger partial charge on any atom is -0.374 e. The third-order valence-corrected chi connectivity index (χ3v) is 4.47. The van der Waals surface area contributed by atoms with Crippen LogP contribution in [0.2, 0.25) is 0 Å². The molecular formula is C25H28O3. The fraction of sp³-hybridized carbons (Fsp3) is 0.280. The molecule has 0 unspecified atom stereocenters. The molecule has 0 spiro atoms. The smallest absolute Gasteiger partial charge is 0.112 e. The molecule has 0 aromatic heterocycles. The van der Waals surface area contributed by atoms with Crippen molar-refractivity contribution in [3.8, 4) is 0 Å². The predicted molar refractivity (Wildman–Crippen MR) is 112 cm³/mol. The highest BCUT2D eigenvalue weighted by Crippen LogP contribution is 2.17. The van der Waals surface area contributed by atoms with Gasteiger partial charge in [-0.05, 0) is 23.6 Å². The van der Waals surface area contributed by atoms with Crippen LogP contribution in [-0.4, -0.2) is 18.8 Å². The normalized spacial score (nSPS) is 11.5. The van der Waals surface area contributed by atoms with E-state index >= 15 is 0 Å². The highest BCUT2D eigenvalue weighted by atomic mass is 16.6. The van der Waals surface area contributed by atoms with Crippen molar-refractivity contribution in [3.05, 3.63) is 108 Å². The molecule has 0 saturated carbocycles. The summed E-state index contributed by atoms with van der Waals surface area (Å²) < 4.78 is 18.2. The molecule has 0 fully saturated rings. The van der Waals surface area contributed by atoms with Gasteiger partial charge >= 0.3 is 0 Å². The SMILES string of the molecule is CC(COCc1ccccc1)(COCc1ccccc1)OCc1ccccc1. The van der Waals surface area contributed by atoms with Gasteiger partial charge in [-0.3, -0.25) is 0 Å². The van der Waals surface area contributed by atoms with E-state index in [0.29, 0.717) is 33.0 Å². The number of ether oxygens (including phenoxy) is 3. The quantitative estimate of drug-likeness (QED) is 0.449. The zero-order valence-corrected chi connectivity index (χ0v) is 16.4. The van der Waals surface area contributed by atoms with E-state index in [9.17, 15) is 0 Å². The minimum absolute atomic E-state index is 0.462. The molecule has 0 amide bonds. The Hall–Kier alpha value is -2.46. The molecule has 0 heterocycles. The minimum atomic E-state index is -0.528. The van der Waals surface area contributed by atoms with Gasteiger partial charge in [0.2, 0.25) is 0 Å². The fourth-order valence-corrected chi connectivity index (χ4v) is 2.87. The molecule has 3 aromatic carbocycles. The number of hydrogen-bond donors (Lipinski definition) is 0. The van der Waals surface area contributed by atoms with Gasteiger partial charge in [-0.25, -0.2) is 0 Å². The van der Waals surface area contributed by atoms with Crippen LogP contribution in [0.25, 0.3) is 0 Å². The number of hydrogen-bond acceptors (Lipinski definition) is 3. The van der Waals surface area contributed by atoms with Crippen molar-refractivity contribution in [2.45, 2.75) is 32.3 Å². The predicted octanol–water partition coefficient (Wildman–Crippen LogP) is 5.40. The van der Waals surface area contributed by atoms with E-state index in [1.54, 1.807) is 0 Å². The van der Waals surface area contributed by atoms with Crippen molar-refractivity contribution < 1.29 is 14.2 Å². The van der Waals surface area contributed by atoms with Gasteiger partial charge in [-0.15, -0.1) is 0 Å². The first-order chi connectivity index (χ1) is 13.7. The molecular weight excluding hydrogens is 348 g/mol. The zero-order chi connectivity index (χ0) is 19.5. The van der Waals surface area contributed by atoms with E-state index in [0.717, 1.165) is 16.7 Å². The lowest BCUT2D eigenvalue weighted by Gasteiger charge is -2.30. The van der Waals surface area contributed by atoms with Crippen LogP contribution in [0.15, 0.2) is 91.0 Å².